The van der Waals surface area contributed by atoms with Crippen LogP contribution in [0.1, 0.15) is 36.6 Å². The number of rotatable bonds is 2. The molecule has 0 fully saturated rings. The van der Waals surface area contributed by atoms with Gasteiger partial charge in [0.25, 0.3) is 0 Å². The predicted octanol–water partition coefficient (Wildman–Crippen LogP) is 1.63. The third kappa shape index (κ3) is 2.34. The summed E-state index contributed by atoms with van der Waals surface area (Å²) in [5.41, 5.74) is 3.88. The fraction of sp³-hybridized carbons (Fsp3) is 0.667. The highest BCUT2D eigenvalue weighted by Crippen LogP contribution is 2.18. The summed E-state index contributed by atoms with van der Waals surface area (Å²) in [6.45, 7) is 8.43. The fourth-order valence-corrected chi connectivity index (χ4v) is 2.13. The second-order valence-electron chi connectivity index (χ2n) is 4.67. The molecule has 2 rings (SSSR count). The molecule has 2 heterocycles. The zero-order valence-electron chi connectivity index (χ0n) is 9.80. The molecule has 0 saturated carbocycles. The van der Waals surface area contributed by atoms with Crippen LogP contribution in [0.4, 0.5) is 0 Å². The Kier molecular flexibility index (Phi) is 3.00. The third-order valence-corrected chi connectivity index (χ3v) is 2.74. The minimum atomic E-state index is 0.665. The molecule has 0 unspecified atom stereocenters. The van der Waals surface area contributed by atoms with Gasteiger partial charge in [-0.3, -0.25) is 0 Å². The lowest BCUT2D eigenvalue weighted by Gasteiger charge is -2.20. The van der Waals surface area contributed by atoms with Crippen molar-refractivity contribution in [2.45, 2.75) is 40.2 Å². The van der Waals surface area contributed by atoms with E-state index in [2.05, 4.69) is 29.1 Å². The second kappa shape index (κ2) is 4.27. The highest BCUT2D eigenvalue weighted by atomic mass is 15.0. The quantitative estimate of drug-likeness (QED) is 0.797. The molecule has 1 aromatic heterocycles. The van der Waals surface area contributed by atoms with Crippen LogP contribution in [-0.2, 0) is 19.4 Å². The van der Waals surface area contributed by atoms with Gasteiger partial charge in [0.15, 0.2) is 0 Å². The molecule has 0 saturated heterocycles. The first-order chi connectivity index (χ1) is 7.16. The second-order valence-corrected chi connectivity index (χ2v) is 4.67. The third-order valence-electron chi connectivity index (χ3n) is 2.74. The van der Waals surface area contributed by atoms with Crippen LogP contribution in [0.25, 0.3) is 0 Å². The van der Waals surface area contributed by atoms with E-state index < -0.39 is 0 Å². The van der Waals surface area contributed by atoms with Crippen molar-refractivity contribution in [3.8, 4) is 0 Å². The van der Waals surface area contributed by atoms with Crippen LogP contribution < -0.4 is 5.32 Å². The maximum atomic E-state index is 4.59. The van der Waals surface area contributed by atoms with Crippen molar-refractivity contribution in [3.05, 3.63) is 22.8 Å². The molecule has 3 nitrogen and oxygen atoms in total. The van der Waals surface area contributed by atoms with Gasteiger partial charge >= 0.3 is 0 Å². The molecular formula is C12H19N3. The van der Waals surface area contributed by atoms with Crippen molar-refractivity contribution in [1.29, 1.82) is 0 Å². The minimum Gasteiger partial charge on any atom is -0.311 e. The van der Waals surface area contributed by atoms with Gasteiger partial charge in [0.1, 0.15) is 5.82 Å². The van der Waals surface area contributed by atoms with Crippen molar-refractivity contribution < 1.29 is 0 Å². The Bertz CT molecular complexity index is 358. The summed E-state index contributed by atoms with van der Waals surface area (Å²) in [7, 11) is 0. The maximum Gasteiger partial charge on any atom is 0.125 e. The van der Waals surface area contributed by atoms with Crippen molar-refractivity contribution in [2.75, 3.05) is 6.54 Å². The number of aryl methyl sites for hydroxylation is 1. The molecule has 1 N–H and O–H groups in total. The predicted molar refractivity (Wildman–Crippen MR) is 60.7 cm³/mol. The fourth-order valence-electron chi connectivity index (χ4n) is 2.13. The van der Waals surface area contributed by atoms with E-state index >= 15 is 0 Å². The Labute approximate surface area is 91.3 Å². The molecule has 1 aliphatic rings. The number of aromatic nitrogens is 2. The van der Waals surface area contributed by atoms with E-state index in [9.17, 15) is 0 Å². The molecule has 1 aliphatic heterocycles. The highest BCUT2D eigenvalue weighted by Gasteiger charge is 2.16. The van der Waals surface area contributed by atoms with Crippen LogP contribution in [0.15, 0.2) is 0 Å². The molecular weight excluding hydrogens is 186 g/mol. The van der Waals surface area contributed by atoms with Crippen LogP contribution in [0, 0.1) is 12.8 Å². The first-order valence-corrected chi connectivity index (χ1v) is 5.73. The smallest absolute Gasteiger partial charge is 0.125 e. The van der Waals surface area contributed by atoms with Crippen LogP contribution in [0.3, 0.4) is 0 Å². The standard InChI is InChI=1S/C12H19N3/c1-8(2)6-11-10-4-5-13-7-12(10)15-9(3)14-11/h8,13H,4-7H2,1-3H3. The lowest BCUT2D eigenvalue weighted by Crippen LogP contribution is -2.27. The van der Waals surface area contributed by atoms with Crippen LogP contribution in [-0.4, -0.2) is 16.5 Å². The summed E-state index contributed by atoms with van der Waals surface area (Å²) < 4.78 is 0. The number of hydrogen-bond acceptors (Lipinski definition) is 3. The number of hydrogen-bond donors (Lipinski definition) is 1. The number of nitrogens with one attached hydrogen (secondary N) is 1. The molecule has 0 amide bonds. The van der Waals surface area contributed by atoms with Gasteiger partial charge in [-0.25, -0.2) is 9.97 Å². The van der Waals surface area contributed by atoms with Gasteiger partial charge in [0.05, 0.1) is 5.69 Å². The molecule has 15 heavy (non-hydrogen) atoms. The first kappa shape index (κ1) is 10.6. The Morgan fingerprint density at radius 2 is 2.13 bits per heavy atom. The van der Waals surface area contributed by atoms with E-state index in [0.717, 1.165) is 31.8 Å². The number of fused-ring (bicyclic) bond motifs is 1. The molecule has 82 valence electrons. The average Bonchev–Trinajstić information content (AvgIpc) is 2.16. The maximum absolute atomic E-state index is 4.59. The lowest BCUT2D eigenvalue weighted by molar-refractivity contribution is 0.583. The molecule has 0 radical (unpaired) electrons. The minimum absolute atomic E-state index is 0.665. The summed E-state index contributed by atoms with van der Waals surface area (Å²) in [4.78, 5) is 9.10. The van der Waals surface area contributed by atoms with Crippen molar-refractivity contribution in [2.24, 2.45) is 5.92 Å². The monoisotopic (exact) mass is 205 g/mol. The van der Waals surface area contributed by atoms with E-state index in [4.69, 9.17) is 0 Å². The molecule has 0 atom stereocenters. The van der Waals surface area contributed by atoms with Gasteiger partial charge in [-0.05, 0) is 37.8 Å². The summed E-state index contributed by atoms with van der Waals surface area (Å²) >= 11 is 0. The van der Waals surface area contributed by atoms with Gasteiger partial charge in [-0.1, -0.05) is 13.8 Å². The van der Waals surface area contributed by atoms with Gasteiger partial charge in [-0.2, -0.15) is 0 Å². The van der Waals surface area contributed by atoms with E-state index in [1.54, 1.807) is 0 Å². The zero-order valence-corrected chi connectivity index (χ0v) is 9.80. The number of nitrogens with zero attached hydrogens (tertiary/aromatic N) is 2. The van der Waals surface area contributed by atoms with Crippen LogP contribution in [0.5, 0.6) is 0 Å². The summed E-state index contributed by atoms with van der Waals surface area (Å²) in [5, 5.41) is 3.36. The van der Waals surface area contributed by atoms with Gasteiger partial charge < -0.3 is 5.32 Å². The Morgan fingerprint density at radius 3 is 2.87 bits per heavy atom. The van der Waals surface area contributed by atoms with Crippen LogP contribution >= 0.6 is 0 Å². The van der Waals surface area contributed by atoms with Gasteiger partial charge in [0.2, 0.25) is 0 Å². The summed E-state index contributed by atoms with van der Waals surface area (Å²) in [5.74, 6) is 1.58. The Balaban J connectivity index is 2.38. The topological polar surface area (TPSA) is 37.8 Å². The Morgan fingerprint density at radius 1 is 1.33 bits per heavy atom. The highest BCUT2D eigenvalue weighted by molar-refractivity contribution is 5.28. The first-order valence-electron chi connectivity index (χ1n) is 5.73. The molecule has 0 aromatic carbocycles. The van der Waals surface area contributed by atoms with Crippen LogP contribution in [0.2, 0.25) is 0 Å². The van der Waals surface area contributed by atoms with Crippen molar-refractivity contribution >= 4 is 0 Å². The summed E-state index contributed by atoms with van der Waals surface area (Å²) in [6.07, 6.45) is 2.16. The zero-order chi connectivity index (χ0) is 10.8. The average molecular weight is 205 g/mol. The SMILES string of the molecule is Cc1nc2c(c(CC(C)C)n1)CCNC2. The Hall–Kier alpha value is -0.960. The largest absolute Gasteiger partial charge is 0.311 e. The van der Waals surface area contributed by atoms with E-state index in [1.807, 2.05) is 6.92 Å². The van der Waals surface area contributed by atoms with E-state index in [1.165, 1.54) is 17.0 Å². The lowest BCUT2D eigenvalue weighted by atomic mass is 9.98. The van der Waals surface area contributed by atoms with E-state index in [0.29, 0.717) is 5.92 Å². The molecule has 0 aliphatic carbocycles. The van der Waals surface area contributed by atoms with Gasteiger partial charge in [0, 0.05) is 12.2 Å². The van der Waals surface area contributed by atoms with Crippen molar-refractivity contribution in [1.82, 2.24) is 15.3 Å². The molecule has 0 spiro atoms. The van der Waals surface area contributed by atoms with E-state index in [-0.39, 0.29) is 0 Å². The normalized spacial score (nSPS) is 15.5. The summed E-state index contributed by atoms with van der Waals surface area (Å²) in [6, 6.07) is 0. The van der Waals surface area contributed by atoms with Crippen molar-refractivity contribution in [3.63, 3.8) is 0 Å². The van der Waals surface area contributed by atoms with Gasteiger partial charge in [-0.15, -0.1) is 0 Å². The molecule has 0 bridgehead atoms. The molecule has 1 aromatic rings. The molecule has 3 heteroatoms.